The quantitative estimate of drug-likeness (QED) is 0.894. The van der Waals surface area contributed by atoms with E-state index < -0.39 is 0 Å². The van der Waals surface area contributed by atoms with Gasteiger partial charge in [0.2, 0.25) is 0 Å². The highest BCUT2D eigenvalue weighted by Crippen LogP contribution is 2.26. The van der Waals surface area contributed by atoms with E-state index in [2.05, 4.69) is 15.3 Å². The molecule has 18 heavy (non-hydrogen) atoms. The van der Waals surface area contributed by atoms with E-state index in [1.54, 1.807) is 13.4 Å². The van der Waals surface area contributed by atoms with Crippen molar-refractivity contribution in [1.82, 2.24) is 9.97 Å². The van der Waals surface area contributed by atoms with E-state index in [9.17, 15) is 0 Å². The molecule has 1 aromatic carbocycles. The van der Waals surface area contributed by atoms with Crippen molar-refractivity contribution in [1.29, 1.82) is 0 Å². The van der Waals surface area contributed by atoms with Gasteiger partial charge in [-0.05, 0) is 37.1 Å². The Morgan fingerprint density at radius 2 is 1.94 bits per heavy atom. The average molecular weight is 241 g/mol. The Morgan fingerprint density at radius 3 is 2.61 bits per heavy atom. The molecule has 0 amide bonds. The summed E-state index contributed by atoms with van der Waals surface area (Å²) in [7, 11) is 1.66. The fourth-order valence-corrected chi connectivity index (χ4v) is 1.79. The molecule has 1 aromatic heterocycles. The zero-order valence-electron chi connectivity index (χ0n) is 10.3. The molecule has 1 heterocycles. The van der Waals surface area contributed by atoms with Gasteiger partial charge in [0.25, 0.3) is 0 Å². The Bertz CT molecular complexity index is 535. The third kappa shape index (κ3) is 2.42. The fraction of sp³-hybridized carbons (Fsp3) is 0.286. The van der Waals surface area contributed by atoms with Gasteiger partial charge in [-0.25, -0.2) is 9.97 Å². The number of nitrogens with one attached hydrogen (secondary N) is 1. The molecule has 0 saturated heterocycles. The Labute approximate surface area is 106 Å². The number of aromatic nitrogens is 2. The van der Waals surface area contributed by atoms with E-state index in [1.165, 1.54) is 12.8 Å². The molecule has 0 radical (unpaired) electrons. The van der Waals surface area contributed by atoms with Crippen LogP contribution < -0.4 is 10.1 Å². The van der Waals surface area contributed by atoms with Crippen molar-refractivity contribution in [2.45, 2.75) is 18.9 Å². The summed E-state index contributed by atoms with van der Waals surface area (Å²) < 4.78 is 5.14. The zero-order valence-corrected chi connectivity index (χ0v) is 10.3. The van der Waals surface area contributed by atoms with Crippen LogP contribution in [-0.2, 0) is 0 Å². The summed E-state index contributed by atoms with van der Waals surface area (Å²) in [6, 6.07) is 10.5. The van der Waals surface area contributed by atoms with Gasteiger partial charge in [-0.2, -0.15) is 0 Å². The van der Waals surface area contributed by atoms with E-state index in [4.69, 9.17) is 4.74 Å². The Hall–Kier alpha value is -2.10. The number of hydrogen-bond donors (Lipinski definition) is 1. The van der Waals surface area contributed by atoms with Crippen LogP contribution in [0.1, 0.15) is 12.8 Å². The summed E-state index contributed by atoms with van der Waals surface area (Å²) in [5, 5.41) is 3.37. The van der Waals surface area contributed by atoms with Crippen molar-refractivity contribution in [3.8, 4) is 17.0 Å². The molecular formula is C14H15N3O. The van der Waals surface area contributed by atoms with Crippen molar-refractivity contribution >= 4 is 5.82 Å². The number of hydrogen-bond acceptors (Lipinski definition) is 4. The van der Waals surface area contributed by atoms with Crippen molar-refractivity contribution in [3.05, 3.63) is 36.7 Å². The first-order valence-electron chi connectivity index (χ1n) is 6.08. The normalized spacial score (nSPS) is 14.3. The first-order valence-corrected chi connectivity index (χ1v) is 6.08. The van der Waals surface area contributed by atoms with Gasteiger partial charge in [-0.15, -0.1) is 0 Å². The van der Waals surface area contributed by atoms with Crippen molar-refractivity contribution < 1.29 is 4.74 Å². The lowest BCUT2D eigenvalue weighted by molar-refractivity contribution is 0.415. The molecule has 0 unspecified atom stereocenters. The van der Waals surface area contributed by atoms with Gasteiger partial charge in [-0.1, -0.05) is 0 Å². The van der Waals surface area contributed by atoms with Crippen LogP contribution in [-0.4, -0.2) is 23.1 Å². The molecule has 0 bridgehead atoms. The largest absolute Gasteiger partial charge is 0.497 e. The number of benzene rings is 1. The van der Waals surface area contributed by atoms with Crippen molar-refractivity contribution in [2.75, 3.05) is 12.4 Å². The molecule has 92 valence electrons. The highest BCUT2D eigenvalue weighted by molar-refractivity contribution is 5.63. The standard InChI is InChI=1S/C14H15N3O/c1-18-12-6-2-10(3-7-12)13-8-14(16-9-15-13)17-11-4-5-11/h2-3,6-9,11H,4-5H2,1H3,(H,15,16,17). The van der Waals surface area contributed by atoms with E-state index in [0.29, 0.717) is 6.04 Å². The van der Waals surface area contributed by atoms with E-state index in [1.807, 2.05) is 30.3 Å². The van der Waals surface area contributed by atoms with Crippen LogP contribution in [0.5, 0.6) is 5.75 Å². The maximum atomic E-state index is 5.14. The number of nitrogens with zero attached hydrogens (tertiary/aromatic N) is 2. The van der Waals surface area contributed by atoms with Gasteiger partial charge >= 0.3 is 0 Å². The minimum atomic E-state index is 0.601. The van der Waals surface area contributed by atoms with Gasteiger partial charge in [0.05, 0.1) is 12.8 Å². The van der Waals surface area contributed by atoms with Gasteiger partial charge in [-0.3, -0.25) is 0 Å². The smallest absolute Gasteiger partial charge is 0.130 e. The first-order chi connectivity index (χ1) is 8.85. The predicted molar refractivity (Wildman–Crippen MR) is 70.7 cm³/mol. The fourth-order valence-electron chi connectivity index (χ4n) is 1.79. The molecule has 0 spiro atoms. The SMILES string of the molecule is COc1ccc(-c2cc(NC3CC3)ncn2)cc1. The highest BCUT2D eigenvalue weighted by Gasteiger charge is 2.21. The molecule has 4 nitrogen and oxygen atoms in total. The highest BCUT2D eigenvalue weighted by atomic mass is 16.5. The first kappa shape index (κ1) is 11.0. The van der Waals surface area contributed by atoms with E-state index in [-0.39, 0.29) is 0 Å². The molecule has 1 aliphatic rings. The summed E-state index contributed by atoms with van der Waals surface area (Å²) in [4.78, 5) is 8.53. The molecule has 3 rings (SSSR count). The van der Waals surface area contributed by atoms with Crippen LogP contribution in [0.4, 0.5) is 5.82 Å². The van der Waals surface area contributed by atoms with Crippen molar-refractivity contribution in [3.63, 3.8) is 0 Å². The van der Waals surface area contributed by atoms with Gasteiger partial charge < -0.3 is 10.1 Å². The molecule has 4 heteroatoms. The zero-order chi connectivity index (χ0) is 12.4. The summed E-state index contributed by atoms with van der Waals surface area (Å²) in [6.45, 7) is 0. The Balaban J connectivity index is 1.84. The van der Waals surface area contributed by atoms with Crippen LogP contribution in [0.25, 0.3) is 11.3 Å². The predicted octanol–water partition coefficient (Wildman–Crippen LogP) is 2.73. The topological polar surface area (TPSA) is 47.0 Å². The molecule has 1 fully saturated rings. The van der Waals surface area contributed by atoms with Gasteiger partial charge in [0.15, 0.2) is 0 Å². The van der Waals surface area contributed by atoms with Crippen LogP contribution in [0, 0.1) is 0 Å². The number of ether oxygens (including phenoxy) is 1. The monoisotopic (exact) mass is 241 g/mol. The molecule has 1 N–H and O–H groups in total. The molecular weight excluding hydrogens is 226 g/mol. The van der Waals surface area contributed by atoms with E-state index in [0.717, 1.165) is 22.8 Å². The third-order valence-electron chi connectivity index (χ3n) is 2.98. The minimum absolute atomic E-state index is 0.601. The molecule has 1 aliphatic carbocycles. The second-order valence-electron chi connectivity index (χ2n) is 4.44. The molecule has 2 aromatic rings. The molecule has 1 saturated carbocycles. The third-order valence-corrected chi connectivity index (χ3v) is 2.98. The van der Waals surface area contributed by atoms with Crippen LogP contribution in [0.3, 0.4) is 0 Å². The maximum Gasteiger partial charge on any atom is 0.130 e. The molecule has 0 aliphatic heterocycles. The number of methoxy groups -OCH3 is 1. The van der Waals surface area contributed by atoms with Crippen LogP contribution in [0.2, 0.25) is 0 Å². The van der Waals surface area contributed by atoms with Crippen LogP contribution in [0.15, 0.2) is 36.7 Å². The number of anilines is 1. The Morgan fingerprint density at radius 1 is 1.17 bits per heavy atom. The lowest BCUT2D eigenvalue weighted by atomic mass is 10.1. The summed E-state index contributed by atoms with van der Waals surface area (Å²) in [6.07, 6.45) is 4.08. The minimum Gasteiger partial charge on any atom is -0.497 e. The summed E-state index contributed by atoms with van der Waals surface area (Å²) in [5.74, 6) is 1.75. The maximum absolute atomic E-state index is 5.14. The Kier molecular flexibility index (Phi) is 2.84. The summed E-state index contributed by atoms with van der Waals surface area (Å²) in [5.41, 5.74) is 1.99. The summed E-state index contributed by atoms with van der Waals surface area (Å²) >= 11 is 0. The van der Waals surface area contributed by atoms with Gasteiger partial charge in [0.1, 0.15) is 17.9 Å². The van der Waals surface area contributed by atoms with Gasteiger partial charge in [0, 0.05) is 17.7 Å². The molecule has 0 atom stereocenters. The lowest BCUT2D eigenvalue weighted by Crippen LogP contribution is -2.03. The van der Waals surface area contributed by atoms with Crippen molar-refractivity contribution in [2.24, 2.45) is 0 Å². The number of rotatable bonds is 4. The second kappa shape index (κ2) is 4.64. The van der Waals surface area contributed by atoms with Crippen LogP contribution >= 0.6 is 0 Å². The second-order valence-corrected chi connectivity index (χ2v) is 4.44. The lowest BCUT2D eigenvalue weighted by Gasteiger charge is -2.06. The average Bonchev–Trinajstić information content (AvgIpc) is 3.23. The van der Waals surface area contributed by atoms with E-state index >= 15 is 0 Å².